The summed E-state index contributed by atoms with van der Waals surface area (Å²) in [6, 6.07) is 0. The van der Waals surface area contributed by atoms with Crippen LogP contribution in [0.1, 0.15) is 40.5 Å². The molecule has 1 atom stereocenters. The quantitative estimate of drug-likeness (QED) is 0.418. The molecule has 0 aromatic carbocycles. The first-order valence-electron chi connectivity index (χ1n) is 4.28. The number of allylic oxidation sites excluding steroid dienone is 2. The Hall–Kier alpha value is 0.0900. The van der Waals surface area contributed by atoms with Gasteiger partial charge in [0.25, 0.3) is 0 Å². The molecule has 0 aromatic rings. The smallest absolute Gasteiger partial charge is 0.00621 e. The summed E-state index contributed by atoms with van der Waals surface area (Å²) in [5.41, 5.74) is 3.50. The average Bonchev–Trinajstić information content (AvgIpc) is 1.81. The molecule has 0 N–H and O–H groups in total. The van der Waals surface area contributed by atoms with Gasteiger partial charge in [-0.25, -0.2) is 0 Å². The van der Waals surface area contributed by atoms with E-state index in [-0.39, 0.29) is 0 Å². The minimum absolute atomic E-state index is 0.384. The van der Waals surface area contributed by atoms with E-state index in [9.17, 15) is 0 Å². The molecular weight excluding hydrogens is 152 g/mol. The van der Waals surface area contributed by atoms with Crippen LogP contribution in [0.15, 0.2) is 11.1 Å². The predicted molar refractivity (Wildman–Crippen MR) is 54.2 cm³/mol. The first-order chi connectivity index (χ1) is 4.93. The Morgan fingerprint density at radius 1 is 1.36 bits per heavy atom. The maximum absolute atomic E-state index is 4.54. The van der Waals surface area contributed by atoms with E-state index in [0.29, 0.717) is 10.7 Å². The van der Waals surface area contributed by atoms with Gasteiger partial charge < -0.3 is 0 Å². The molecule has 11 heavy (non-hydrogen) atoms. The highest BCUT2D eigenvalue weighted by Gasteiger charge is 2.29. The van der Waals surface area contributed by atoms with Gasteiger partial charge in [0.05, 0.1) is 0 Å². The zero-order chi connectivity index (χ0) is 8.65. The van der Waals surface area contributed by atoms with Crippen molar-refractivity contribution >= 4 is 12.6 Å². The van der Waals surface area contributed by atoms with Crippen molar-refractivity contribution in [3.8, 4) is 0 Å². The van der Waals surface area contributed by atoms with Crippen molar-refractivity contribution in [2.75, 3.05) is 0 Å². The maximum atomic E-state index is 4.54. The standard InChI is InChI=1S/C10H18S/c1-7-5-9(11)6-10(3,4)8(7)2/h9,11H,5-6H2,1-4H3. The van der Waals surface area contributed by atoms with Gasteiger partial charge in [0.2, 0.25) is 0 Å². The molecule has 0 saturated carbocycles. The Labute approximate surface area is 75.5 Å². The fourth-order valence-corrected chi connectivity index (χ4v) is 2.63. The molecule has 1 heteroatoms. The molecule has 0 saturated heterocycles. The van der Waals surface area contributed by atoms with E-state index in [1.54, 1.807) is 11.1 Å². The van der Waals surface area contributed by atoms with Gasteiger partial charge in [-0.2, -0.15) is 12.6 Å². The molecule has 0 radical (unpaired) electrons. The molecule has 1 unspecified atom stereocenters. The molecule has 0 aromatic heterocycles. The first-order valence-corrected chi connectivity index (χ1v) is 4.80. The van der Waals surface area contributed by atoms with Gasteiger partial charge in [-0.15, -0.1) is 0 Å². The van der Waals surface area contributed by atoms with Crippen molar-refractivity contribution in [1.29, 1.82) is 0 Å². The number of thiol groups is 1. The molecule has 0 aliphatic heterocycles. The van der Waals surface area contributed by atoms with E-state index >= 15 is 0 Å². The van der Waals surface area contributed by atoms with E-state index in [1.165, 1.54) is 12.8 Å². The Bertz CT molecular complexity index is 189. The summed E-state index contributed by atoms with van der Waals surface area (Å²) in [5.74, 6) is 0. The topological polar surface area (TPSA) is 0 Å². The Morgan fingerprint density at radius 3 is 2.36 bits per heavy atom. The van der Waals surface area contributed by atoms with Crippen LogP contribution in [0.2, 0.25) is 0 Å². The van der Waals surface area contributed by atoms with E-state index < -0.39 is 0 Å². The highest BCUT2D eigenvalue weighted by Crippen LogP contribution is 2.41. The van der Waals surface area contributed by atoms with Crippen molar-refractivity contribution in [2.45, 2.75) is 45.8 Å². The Morgan fingerprint density at radius 2 is 1.91 bits per heavy atom. The molecule has 1 aliphatic rings. The Kier molecular flexibility index (Phi) is 2.38. The molecule has 0 fully saturated rings. The predicted octanol–water partition coefficient (Wildman–Crippen LogP) is 3.44. The van der Waals surface area contributed by atoms with Crippen LogP contribution in [0.4, 0.5) is 0 Å². The summed E-state index contributed by atoms with van der Waals surface area (Å²) in [4.78, 5) is 0. The lowest BCUT2D eigenvalue weighted by Crippen LogP contribution is -2.24. The fraction of sp³-hybridized carbons (Fsp3) is 0.800. The van der Waals surface area contributed by atoms with Crippen LogP contribution in [0.25, 0.3) is 0 Å². The van der Waals surface area contributed by atoms with E-state index in [1.807, 2.05) is 0 Å². The second-order valence-corrected chi connectivity index (χ2v) is 5.08. The summed E-state index contributed by atoms with van der Waals surface area (Å²) in [5, 5.41) is 0.577. The minimum atomic E-state index is 0.384. The van der Waals surface area contributed by atoms with Crippen LogP contribution < -0.4 is 0 Å². The molecule has 0 spiro atoms. The van der Waals surface area contributed by atoms with E-state index in [2.05, 4.69) is 40.3 Å². The third kappa shape index (κ3) is 1.81. The second kappa shape index (κ2) is 2.85. The van der Waals surface area contributed by atoms with Crippen LogP contribution in [0.3, 0.4) is 0 Å². The lowest BCUT2D eigenvalue weighted by Gasteiger charge is -2.35. The lowest BCUT2D eigenvalue weighted by molar-refractivity contribution is 0.375. The van der Waals surface area contributed by atoms with Crippen molar-refractivity contribution < 1.29 is 0 Å². The van der Waals surface area contributed by atoms with Crippen LogP contribution in [0.5, 0.6) is 0 Å². The number of hydrogen-bond donors (Lipinski definition) is 1. The van der Waals surface area contributed by atoms with Gasteiger partial charge in [0.15, 0.2) is 0 Å². The number of hydrogen-bond acceptors (Lipinski definition) is 1. The summed E-state index contributed by atoms with van der Waals surface area (Å²) in [7, 11) is 0. The van der Waals surface area contributed by atoms with E-state index in [0.717, 1.165) is 0 Å². The van der Waals surface area contributed by atoms with Crippen molar-refractivity contribution in [3.63, 3.8) is 0 Å². The molecule has 0 nitrogen and oxygen atoms in total. The summed E-state index contributed by atoms with van der Waals surface area (Å²) >= 11 is 4.54. The maximum Gasteiger partial charge on any atom is 0.00621 e. The van der Waals surface area contributed by atoms with Crippen molar-refractivity contribution in [2.24, 2.45) is 5.41 Å². The zero-order valence-corrected chi connectivity index (χ0v) is 8.83. The highest BCUT2D eigenvalue weighted by atomic mass is 32.1. The van der Waals surface area contributed by atoms with Crippen LogP contribution >= 0.6 is 12.6 Å². The summed E-state index contributed by atoms with van der Waals surface area (Å²) < 4.78 is 0. The highest BCUT2D eigenvalue weighted by molar-refractivity contribution is 7.80. The van der Waals surface area contributed by atoms with Gasteiger partial charge in [-0.05, 0) is 32.1 Å². The lowest BCUT2D eigenvalue weighted by atomic mass is 9.73. The molecule has 0 amide bonds. The number of rotatable bonds is 0. The van der Waals surface area contributed by atoms with Crippen LogP contribution in [-0.4, -0.2) is 5.25 Å². The molecule has 1 rings (SSSR count). The normalized spacial score (nSPS) is 30.8. The van der Waals surface area contributed by atoms with Gasteiger partial charge in [-0.1, -0.05) is 25.0 Å². The SMILES string of the molecule is CC1=C(C)C(C)(C)CC(S)C1. The molecule has 0 heterocycles. The summed E-state index contributed by atoms with van der Waals surface area (Å²) in [6.07, 6.45) is 2.40. The Balaban J connectivity index is 2.93. The van der Waals surface area contributed by atoms with Gasteiger partial charge in [0.1, 0.15) is 0 Å². The monoisotopic (exact) mass is 170 g/mol. The van der Waals surface area contributed by atoms with E-state index in [4.69, 9.17) is 0 Å². The van der Waals surface area contributed by atoms with Crippen molar-refractivity contribution in [1.82, 2.24) is 0 Å². The average molecular weight is 170 g/mol. The van der Waals surface area contributed by atoms with Crippen LogP contribution in [-0.2, 0) is 0 Å². The zero-order valence-electron chi connectivity index (χ0n) is 7.94. The molecule has 1 aliphatic carbocycles. The largest absolute Gasteiger partial charge is 0.176 e. The third-order valence-electron chi connectivity index (χ3n) is 2.94. The third-order valence-corrected chi connectivity index (χ3v) is 3.31. The minimum Gasteiger partial charge on any atom is -0.176 e. The van der Waals surface area contributed by atoms with Crippen molar-refractivity contribution in [3.05, 3.63) is 11.1 Å². The van der Waals surface area contributed by atoms with Gasteiger partial charge >= 0.3 is 0 Å². The second-order valence-electron chi connectivity index (χ2n) is 4.35. The molecule has 64 valence electrons. The summed E-state index contributed by atoms with van der Waals surface area (Å²) in [6.45, 7) is 9.12. The fourth-order valence-electron chi connectivity index (χ4n) is 1.90. The molecular formula is C10H18S. The molecule has 0 bridgehead atoms. The van der Waals surface area contributed by atoms with Gasteiger partial charge in [-0.3, -0.25) is 0 Å². The first kappa shape index (κ1) is 9.18. The van der Waals surface area contributed by atoms with Gasteiger partial charge in [0, 0.05) is 5.25 Å². The van der Waals surface area contributed by atoms with Crippen LogP contribution in [0, 0.1) is 5.41 Å².